The lowest BCUT2D eigenvalue weighted by atomic mass is 9.96. The minimum absolute atomic E-state index is 0.240. The third-order valence-corrected chi connectivity index (χ3v) is 5.62. The van der Waals surface area contributed by atoms with E-state index in [0.717, 1.165) is 19.4 Å². The Morgan fingerprint density at radius 2 is 1.90 bits per heavy atom. The number of sulfone groups is 1. The van der Waals surface area contributed by atoms with Crippen molar-refractivity contribution >= 4 is 9.84 Å². The summed E-state index contributed by atoms with van der Waals surface area (Å²) in [5.74, 6) is 0.530. The fourth-order valence-electron chi connectivity index (χ4n) is 2.55. The van der Waals surface area contributed by atoms with Crippen molar-refractivity contribution in [1.29, 1.82) is 0 Å². The molecule has 0 heterocycles. The number of aryl methyl sites for hydroxylation is 2. The highest BCUT2D eigenvalue weighted by molar-refractivity contribution is 7.91. The summed E-state index contributed by atoms with van der Waals surface area (Å²) in [4.78, 5) is 0. The molecule has 0 radical (unpaired) electrons. The molecule has 0 fully saturated rings. The number of hydrogen-bond acceptors (Lipinski definition) is 3. The molecule has 1 aromatic carbocycles. The monoisotopic (exact) mass is 311 g/mol. The fourth-order valence-corrected chi connectivity index (χ4v) is 3.45. The molecule has 0 spiro atoms. The van der Waals surface area contributed by atoms with Crippen LogP contribution in [0, 0.1) is 13.8 Å². The van der Waals surface area contributed by atoms with E-state index in [9.17, 15) is 8.42 Å². The van der Waals surface area contributed by atoms with Crippen molar-refractivity contribution < 1.29 is 8.42 Å². The van der Waals surface area contributed by atoms with Gasteiger partial charge < -0.3 is 5.32 Å². The molecule has 0 saturated carbocycles. The van der Waals surface area contributed by atoms with E-state index in [1.54, 1.807) is 6.92 Å². The third-order valence-electron chi connectivity index (χ3n) is 3.83. The Bertz CT molecular complexity index is 538. The van der Waals surface area contributed by atoms with Gasteiger partial charge in [-0.15, -0.1) is 0 Å². The van der Waals surface area contributed by atoms with Gasteiger partial charge in [-0.05, 0) is 50.8 Å². The van der Waals surface area contributed by atoms with E-state index in [-0.39, 0.29) is 11.8 Å². The van der Waals surface area contributed by atoms with Crippen LogP contribution in [-0.2, 0) is 9.84 Å². The van der Waals surface area contributed by atoms with Gasteiger partial charge in [-0.25, -0.2) is 8.42 Å². The van der Waals surface area contributed by atoms with Gasteiger partial charge >= 0.3 is 0 Å². The topological polar surface area (TPSA) is 46.2 Å². The first-order valence-electron chi connectivity index (χ1n) is 7.90. The highest BCUT2D eigenvalue weighted by Crippen LogP contribution is 2.23. The molecule has 1 unspecified atom stereocenters. The van der Waals surface area contributed by atoms with Crippen molar-refractivity contribution in [3.63, 3.8) is 0 Å². The maximum Gasteiger partial charge on any atom is 0.150 e. The zero-order valence-corrected chi connectivity index (χ0v) is 14.6. The van der Waals surface area contributed by atoms with E-state index < -0.39 is 9.84 Å². The standard InChI is InChI=1S/C17H29NO2S/c1-5-11-18-17(8-7-12-21(19,20)6-2)16-10-9-14(3)13-15(16)4/h9-10,13,17-18H,5-8,11-12H2,1-4H3. The molecular weight excluding hydrogens is 282 g/mol. The molecule has 120 valence electrons. The highest BCUT2D eigenvalue weighted by atomic mass is 32.2. The van der Waals surface area contributed by atoms with Crippen LogP contribution in [0.1, 0.15) is 55.8 Å². The maximum absolute atomic E-state index is 11.6. The van der Waals surface area contributed by atoms with Crippen molar-refractivity contribution in [1.82, 2.24) is 5.32 Å². The van der Waals surface area contributed by atoms with E-state index in [2.05, 4.69) is 44.3 Å². The van der Waals surface area contributed by atoms with E-state index in [1.165, 1.54) is 16.7 Å². The van der Waals surface area contributed by atoms with Crippen LogP contribution < -0.4 is 5.32 Å². The van der Waals surface area contributed by atoms with Gasteiger partial charge in [0.1, 0.15) is 9.84 Å². The summed E-state index contributed by atoms with van der Waals surface area (Å²) in [5, 5.41) is 3.56. The number of nitrogens with one attached hydrogen (secondary N) is 1. The molecule has 3 nitrogen and oxygen atoms in total. The van der Waals surface area contributed by atoms with Crippen molar-refractivity contribution in [2.75, 3.05) is 18.1 Å². The molecule has 0 aliphatic carbocycles. The largest absolute Gasteiger partial charge is 0.310 e. The van der Waals surface area contributed by atoms with Gasteiger partial charge in [-0.1, -0.05) is 37.6 Å². The van der Waals surface area contributed by atoms with Gasteiger partial charge in [0.2, 0.25) is 0 Å². The Kier molecular flexibility index (Phi) is 7.40. The van der Waals surface area contributed by atoms with Gasteiger partial charge in [0, 0.05) is 11.8 Å². The van der Waals surface area contributed by atoms with E-state index in [0.29, 0.717) is 12.2 Å². The lowest BCUT2D eigenvalue weighted by Crippen LogP contribution is -2.24. The lowest BCUT2D eigenvalue weighted by Gasteiger charge is -2.21. The van der Waals surface area contributed by atoms with Crippen LogP contribution in [0.5, 0.6) is 0 Å². The van der Waals surface area contributed by atoms with Crippen molar-refractivity contribution in [3.8, 4) is 0 Å². The van der Waals surface area contributed by atoms with E-state index in [1.807, 2.05) is 0 Å². The smallest absolute Gasteiger partial charge is 0.150 e. The minimum Gasteiger partial charge on any atom is -0.310 e. The van der Waals surface area contributed by atoms with E-state index in [4.69, 9.17) is 0 Å². The number of hydrogen-bond donors (Lipinski definition) is 1. The SMILES string of the molecule is CCCNC(CCCS(=O)(=O)CC)c1ccc(C)cc1C. The molecule has 1 aromatic rings. The fraction of sp³-hybridized carbons (Fsp3) is 0.647. The Hall–Kier alpha value is -0.870. The van der Waals surface area contributed by atoms with Gasteiger partial charge in [0.15, 0.2) is 0 Å². The quantitative estimate of drug-likeness (QED) is 0.758. The average Bonchev–Trinajstić information content (AvgIpc) is 2.43. The predicted molar refractivity (Wildman–Crippen MR) is 90.5 cm³/mol. The summed E-state index contributed by atoms with van der Waals surface area (Å²) >= 11 is 0. The second-order valence-electron chi connectivity index (χ2n) is 5.75. The molecule has 0 aromatic heterocycles. The van der Waals surface area contributed by atoms with Crippen LogP contribution in [0.15, 0.2) is 18.2 Å². The molecular formula is C17H29NO2S. The summed E-state index contributed by atoms with van der Waals surface area (Å²) in [6.45, 7) is 9.04. The summed E-state index contributed by atoms with van der Waals surface area (Å²) in [6, 6.07) is 6.74. The van der Waals surface area contributed by atoms with Crippen LogP contribution in [-0.4, -0.2) is 26.5 Å². The highest BCUT2D eigenvalue weighted by Gasteiger charge is 2.15. The predicted octanol–water partition coefficient (Wildman–Crippen LogP) is 3.56. The first-order chi connectivity index (χ1) is 9.89. The third kappa shape index (κ3) is 6.18. The lowest BCUT2D eigenvalue weighted by molar-refractivity contribution is 0.490. The van der Waals surface area contributed by atoms with Crippen LogP contribution in [0.2, 0.25) is 0 Å². The zero-order chi connectivity index (χ0) is 15.9. The van der Waals surface area contributed by atoms with Crippen molar-refractivity contribution in [2.24, 2.45) is 0 Å². The molecule has 1 N–H and O–H groups in total. The Morgan fingerprint density at radius 1 is 1.19 bits per heavy atom. The van der Waals surface area contributed by atoms with Crippen molar-refractivity contribution in [3.05, 3.63) is 34.9 Å². The van der Waals surface area contributed by atoms with Gasteiger partial charge in [-0.3, -0.25) is 0 Å². The number of benzene rings is 1. The summed E-state index contributed by atoms with van der Waals surface area (Å²) in [7, 11) is -2.86. The molecule has 1 rings (SSSR count). The first kappa shape index (κ1) is 18.2. The molecule has 21 heavy (non-hydrogen) atoms. The van der Waals surface area contributed by atoms with Crippen LogP contribution in [0.4, 0.5) is 0 Å². The molecule has 0 bridgehead atoms. The number of rotatable bonds is 9. The average molecular weight is 311 g/mol. The second-order valence-corrected chi connectivity index (χ2v) is 8.22. The van der Waals surface area contributed by atoms with E-state index >= 15 is 0 Å². The molecule has 0 aliphatic heterocycles. The summed E-state index contributed by atoms with van der Waals surface area (Å²) < 4.78 is 23.2. The molecule has 0 aliphatic rings. The van der Waals surface area contributed by atoms with Gasteiger partial charge in [-0.2, -0.15) is 0 Å². The molecule has 0 amide bonds. The maximum atomic E-state index is 11.6. The van der Waals surface area contributed by atoms with Gasteiger partial charge in [0.25, 0.3) is 0 Å². The first-order valence-corrected chi connectivity index (χ1v) is 9.72. The van der Waals surface area contributed by atoms with Gasteiger partial charge in [0.05, 0.1) is 5.75 Å². The van der Waals surface area contributed by atoms with Crippen LogP contribution >= 0.6 is 0 Å². The van der Waals surface area contributed by atoms with Crippen LogP contribution in [0.3, 0.4) is 0 Å². The molecule has 1 atom stereocenters. The normalized spacial score (nSPS) is 13.3. The summed E-state index contributed by atoms with van der Waals surface area (Å²) in [5.41, 5.74) is 3.84. The molecule has 4 heteroatoms. The Balaban J connectivity index is 2.76. The second kappa shape index (κ2) is 8.54. The van der Waals surface area contributed by atoms with Crippen molar-refractivity contribution in [2.45, 2.75) is 53.0 Å². The molecule has 0 saturated heterocycles. The zero-order valence-electron chi connectivity index (χ0n) is 13.8. The minimum atomic E-state index is -2.86. The Labute approximate surface area is 130 Å². The Morgan fingerprint density at radius 3 is 2.48 bits per heavy atom. The summed E-state index contributed by atoms with van der Waals surface area (Å²) in [6.07, 6.45) is 2.66. The van der Waals surface area contributed by atoms with Crippen LogP contribution in [0.25, 0.3) is 0 Å².